The van der Waals surface area contributed by atoms with Crippen molar-refractivity contribution in [1.82, 2.24) is 0 Å². The standard InChI is InChI=1S/C10H18O2Si/c1-9(11)8-10(12)6-5-7-13(2,3)4/h10,12H,6,8H2,1-4H3/t10-/m0/s1. The zero-order valence-corrected chi connectivity index (χ0v) is 9.85. The van der Waals surface area contributed by atoms with Crippen LogP contribution >= 0.6 is 0 Å². The molecular formula is C10H18O2Si. The summed E-state index contributed by atoms with van der Waals surface area (Å²) in [7, 11) is -1.32. The van der Waals surface area contributed by atoms with Gasteiger partial charge in [0.05, 0.1) is 6.10 Å². The molecule has 0 unspecified atom stereocenters. The number of hydrogen-bond donors (Lipinski definition) is 1. The Labute approximate surface area is 81.4 Å². The molecule has 0 aromatic carbocycles. The maximum atomic E-state index is 10.6. The Morgan fingerprint density at radius 1 is 1.46 bits per heavy atom. The zero-order chi connectivity index (χ0) is 10.5. The fraction of sp³-hybridized carbons (Fsp3) is 0.700. The van der Waals surface area contributed by atoms with Crippen LogP contribution in [0.5, 0.6) is 0 Å². The smallest absolute Gasteiger partial charge is 0.132 e. The van der Waals surface area contributed by atoms with Gasteiger partial charge in [-0.05, 0) is 6.92 Å². The molecule has 0 saturated heterocycles. The molecule has 0 aromatic rings. The van der Waals surface area contributed by atoms with Crippen LogP contribution in [0.3, 0.4) is 0 Å². The first-order valence-corrected chi connectivity index (χ1v) is 7.99. The van der Waals surface area contributed by atoms with Crippen molar-refractivity contribution in [2.75, 3.05) is 0 Å². The summed E-state index contributed by atoms with van der Waals surface area (Å²) >= 11 is 0. The van der Waals surface area contributed by atoms with Crippen LogP contribution in [0.15, 0.2) is 0 Å². The number of rotatable bonds is 3. The van der Waals surface area contributed by atoms with Gasteiger partial charge in [0.1, 0.15) is 13.9 Å². The maximum absolute atomic E-state index is 10.6. The fourth-order valence-electron chi connectivity index (χ4n) is 0.838. The average Bonchev–Trinajstić information content (AvgIpc) is 1.81. The summed E-state index contributed by atoms with van der Waals surface area (Å²) < 4.78 is 0. The Bertz CT molecular complexity index is 230. The summed E-state index contributed by atoms with van der Waals surface area (Å²) in [6.45, 7) is 7.93. The molecule has 0 bridgehead atoms. The first-order valence-electron chi connectivity index (χ1n) is 4.49. The van der Waals surface area contributed by atoms with E-state index in [1.165, 1.54) is 6.92 Å². The second-order valence-corrected chi connectivity index (χ2v) is 9.07. The Hall–Kier alpha value is -0.593. The van der Waals surface area contributed by atoms with E-state index >= 15 is 0 Å². The van der Waals surface area contributed by atoms with Crippen molar-refractivity contribution in [3.8, 4) is 11.5 Å². The molecule has 13 heavy (non-hydrogen) atoms. The van der Waals surface area contributed by atoms with Crippen LogP contribution in [0, 0.1) is 11.5 Å². The summed E-state index contributed by atoms with van der Waals surface area (Å²) in [6, 6.07) is 0. The molecule has 2 nitrogen and oxygen atoms in total. The summed E-state index contributed by atoms with van der Waals surface area (Å²) in [5, 5.41) is 9.31. The molecule has 74 valence electrons. The SMILES string of the molecule is CC(=O)C[C@@H](O)CC#C[Si](C)(C)C. The largest absolute Gasteiger partial charge is 0.392 e. The Kier molecular flexibility index (Phi) is 4.97. The number of Topliss-reactive ketones (excluding diaryl/α,β-unsaturated/α-hetero) is 1. The molecule has 3 heteroatoms. The molecule has 1 atom stereocenters. The van der Waals surface area contributed by atoms with Crippen molar-refractivity contribution in [3.63, 3.8) is 0 Å². The van der Waals surface area contributed by atoms with Crippen LogP contribution in [0.1, 0.15) is 19.8 Å². The second kappa shape index (κ2) is 5.20. The topological polar surface area (TPSA) is 37.3 Å². The predicted octanol–water partition coefficient (Wildman–Crippen LogP) is 1.60. The highest BCUT2D eigenvalue weighted by Gasteiger charge is 2.08. The molecule has 0 aliphatic heterocycles. The summed E-state index contributed by atoms with van der Waals surface area (Å²) in [5.74, 6) is 2.96. The Morgan fingerprint density at radius 2 is 2.00 bits per heavy atom. The number of aliphatic hydroxyl groups is 1. The van der Waals surface area contributed by atoms with E-state index in [4.69, 9.17) is 0 Å². The minimum Gasteiger partial charge on any atom is -0.392 e. The summed E-state index contributed by atoms with van der Waals surface area (Å²) in [6.07, 6.45) is 0.0610. The van der Waals surface area contributed by atoms with E-state index < -0.39 is 14.2 Å². The van der Waals surface area contributed by atoms with Crippen molar-refractivity contribution >= 4 is 13.9 Å². The molecule has 0 amide bonds. The highest BCUT2D eigenvalue weighted by Crippen LogP contribution is 2.00. The first-order chi connectivity index (χ1) is 5.81. The van der Waals surface area contributed by atoms with Gasteiger partial charge in [-0.15, -0.1) is 11.5 Å². The third kappa shape index (κ3) is 9.32. The van der Waals surface area contributed by atoms with E-state index in [9.17, 15) is 9.90 Å². The lowest BCUT2D eigenvalue weighted by Crippen LogP contribution is -2.17. The van der Waals surface area contributed by atoms with Crippen LogP contribution in [0.2, 0.25) is 19.6 Å². The minimum absolute atomic E-state index is 0.0160. The third-order valence-electron chi connectivity index (χ3n) is 1.32. The van der Waals surface area contributed by atoms with Gasteiger partial charge in [-0.1, -0.05) is 19.6 Å². The molecule has 0 aliphatic carbocycles. The van der Waals surface area contributed by atoms with Gasteiger partial charge in [-0.2, -0.15) is 0 Å². The van der Waals surface area contributed by atoms with Gasteiger partial charge in [-0.3, -0.25) is 4.79 Å². The van der Waals surface area contributed by atoms with E-state index in [1.54, 1.807) is 0 Å². The lowest BCUT2D eigenvalue weighted by Gasteiger charge is -2.05. The van der Waals surface area contributed by atoms with Crippen molar-refractivity contribution in [3.05, 3.63) is 0 Å². The minimum atomic E-state index is -1.32. The number of aliphatic hydroxyl groups excluding tert-OH is 1. The van der Waals surface area contributed by atoms with Crippen molar-refractivity contribution in [2.45, 2.75) is 45.5 Å². The Morgan fingerprint density at radius 3 is 2.38 bits per heavy atom. The zero-order valence-electron chi connectivity index (χ0n) is 8.85. The lowest BCUT2D eigenvalue weighted by atomic mass is 10.1. The second-order valence-electron chi connectivity index (χ2n) is 4.32. The first kappa shape index (κ1) is 12.4. The molecule has 1 N–H and O–H groups in total. The van der Waals surface area contributed by atoms with Gasteiger partial charge in [0.25, 0.3) is 0 Å². The predicted molar refractivity (Wildman–Crippen MR) is 57.0 cm³/mol. The Balaban J connectivity index is 3.86. The van der Waals surface area contributed by atoms with Crippen LogP contribution in [0.4, 0.5) is 0 Å². The van der Waals surface area contributed by atoms with Gasteiger partial charge in [0.15, 0.2) is 0 Å². The summed E-state index contributed by atoms with van der Waals surface area (Å²) in [5.41, 5.74) is 3.14. The highest BCUT2D eigenvalue weighted by molar-refractivity contribution is 6.83. The molecular weight excluding hydrogens is 180 g/mol. The van der Waals surface area contributed by atoms with Gasteiger partial charge in [0.2, 0.25) is 0 Å². The molecule has 0 spiro atoms. The van der Waals surface area contributed by atoms with Gasteiger partial charge < -0.3 is 5.11 Å². The maximum Gasteiger partial charge on any atom is 0.132 e. The van der Waals surface area contributed by atoms with E-state index in [-0.39, 0.29) is 12.2 Å². The monoisotopic (exact) mass is 198 g/mol. The molecule has 0 rings (SSSR count). The lowest BCUT2D eigenvalue weighted by molar-refractivity contribution is -0.118. The van der Waals surface area contributed by atoms with Crippen molar-refractivity contribution in [2.24, 2.45) is 0 Å². The molecule has 0 aliphatic rings. The van der Waals surface area contributed by atoms with Crippen LogP contribution in [0.25, 0.3) is 0 Å². The molecule has 0 radical (unpaired) electrons. The van der Waals surface area contributed by atoms with Gasteiger partial charge >= 0.3 is 0 Å². The summed E-state index contributed by atoms with van der Waals surface area (Å²) in [4.78, 5) is 10.6. The third-order valence-corrected chi connectivity index (χ3v) is 2.25. The van der Waals surface area contributed by atoms with Crippen molar-refractivity contribution in [1.29, 1.82) is 0 Å². The molecule has 0 saturated carbocycles. The van der Waals surface area contributed by atoms with Gasteiger partial charge in [-0.25, -0.2) is 0 Å². The average molecular weight is 198 g/mol. The molecule has 0 fully saturated rings. The van der Waals surface area contributed by atoms with E-state index in [0.717, 1.165) is 0 Å². The molecule has 0 aromatic heterocycles. The van der Waals surface area contributed by atoms with E-state index in [1.807, 2.05) is 0 Å². The quantitative estimate of drug-likeness (QED) is 0.552. The normalized spacial score (nSPS) is 13.0. The fourth-order valence-corrected chi connectivity index (χ4v) is 1.47. The number of ketones is 1. The number of hydrogen-bond acceptors (Lipinski definition) is 2. The number of carbonyl (C=O) groups excluding carboxylic acids is 1. The van der Waals surface area contributed by atoms with Crippen LogP contribution < -0.4 is 0 Å². The van der Waals surface area contributed by atoms with E-state index in [2.05, 4.69) is 31.1 Å². The van der Waals surface area contributed by atoms with Crippen LogP contribution in [-0.2, 0) is 4.79 Å². The molecule has 0 heterocycles. The highest BCUT2D eigenvalue weighted by atomic mass is 28.3. The van der Waals surface area contributed by atoms with Gasteiger partial charge in [0, 0.05) is 12.8 Å². The van der Waals surface area contributed by atoms with E-state index in [0.29, 0.717) is 6.42 Å². The number of carbonyl (C=O) groups is 1. The van der Waals surface area contributed by atoms with Crippen LogP contribution in [-0.4, -0.2) is 25.1 Å². The van der Waals surface area contributed by atoms with Crippen molar-refractivity contribution < 1.29 is 9.90 Å².